The SMILES string of the molecule is CCCSc1nc2n(n1)C(c1ccc(OCC(=O)N3CCOCC3)c(OC)c1)C(C(=O)OCC)=C(C)N2. The predicted molar refractivity (Wildman–Crippen MR) is 138 cm³/mol. The van der Waals surface area contributed by atoms with Crippen molar-refractivity contribution < 1.29 is 28.5 Å². The Morgan fingerprint density at radius 3 is 2.70 bits per heavy atom. The zero-order chi connectivity index (χ0) is 26.4. The number of hydrogen-bond acceptors (Lipinski definition) is 10. The van der Waals surface area contributed by atoms with Crippen molar-refractivity contribution in [3.05, 3.63) is 35.0 Å². The molecule has 0 spiro atoms. The Morgan fingerprint density at radius 1 is 1.22 bits per heavy atom. The highest BCUT2D eigenvalue weighted by Crippen LogP contribution is 2.39. The molecule has 0 radical (unpaired) electrons. The third-order valence-corrected chi connectivity index (χ3v) is 7.03. The fourth-order valence-electron chi connectivity index (χ4n) is 4.18. The number of fused-ring (bicyclic) bond motifs is 1. The van der Waals surface area contributed by atoms with Gasteiger partial charge in [0.1, 0.15) is 6.04 Å². The molecule has 2 aromatic rings. The second-order valence-corrected chi connectivity index (χ2v) is 9.55. The van der Waals surface area contributed by atoms with Gasteiger partial charge in [-0.3, -0.25) is 4.79 Å². The molecule has 1 fully saturated rings. The van der Waals surface area contributed by atoms with E-state index in [9.17, 15) is 9.59 Å². The van der Waals surface area contributed by atoms with Crippen LogP contribution in [-0.4, -0.2) is 83.9 Å². The number of carbonyl (C=O) groups is 2. The molecule has 1 N–H and O–H groups in total. The molecule has 4 rings (SSSR count). The van der Waals surface area contributed by atoms with Crippen LogP contribution in [0, 0.1) is 0 Å². The Labute approximate surface area is 220 Å². The minimum Gasteiger partial charge on any atom is -0.493 e. The summed E-state index contributed by atoms with van der Waals surface area (Å²) in [7, 11) is 1.53. The van der Waals surface area contributed by atoms with E-state index in [0.29, 0.717) is 60.2 Å². The van der Waals surface area contributed by atoms with Gasteiger partial charge in [-0.25, -0.2) is 9.48 Å². The van der Waals surface area contributed by atoms with Gasteiger partial charge >= 0.3 is 5.97 Å². The van der Waals surface area contributed by atoms with Gasteiger partial charge in [-0.1, -0.05) is 24.8 Å². The van der Waals surface area contributed by atoms with Crippen LogP contribution in [0.1, 0.15) is 38.8 Å². The highest BCUT2D eigenvalue weighted by molar-refractivity contribution is 7.99. The normalized spacial score (nSPS) is 17.2. The Kier molecular flexibility index (Phi) is 8.93. The van der Waals surface area contributed by atoms with E-state index in [1.807, 2.05) is 13.0 Å². The molecule has 1 saturated heterocycles. The maximum absolute atomic E-state index is 13.0. The zero-order valence-corrected chi connectivity index (χ0v) is 22.4. The molecular formula is C25H33N5O6S. The van der Waals surface area contributed by atoms with Crippen molar-refractivity contribution in [1.82, 2.24) is 19.7 Å². The number of amides is 1. The lowest BCUT2D eigenvalue weighted by atomic mass is 9.95. The third-order valence-electron chi connectivity index (χ3n) is 5.98. The number of anilines is 1. The molecule has 1 aromatic carbocycles. The summed E-state index contributed by atoms with van der Waals surface area (Å²) in [6.45, 7) is 7.98. The number of morpholine rings is 1. The summed E-state index contributed by atoms with van der Waals surface area (Å²) in [4.78, 5) is 31.9. The number of allylic oxidation sites excluding steroid dienone is 1. The molecule has 200 valence electrons. The molecule has 1 atom stereocenters. The van der Waals surface area contributed by atoms with Gasteiger partial charge in [0.05, 0.1) is 32.5 Å². The van der Waals surface area contributed by atoms with Crippen molar-refractivity contribution in [3.8, 4) is 11.5 Å². The Hall–Kier alpha value is -3.25. The number of esters is 1. The molecular weight excluding hydrogens is 498 g/mol. The van der Waals surface area contributed by atoms with E-state index in [2.05, 4.69) is 17.2 Å². The fraction of sp³-hybridized carbons (Fsp3) is 0.520. The minimum atomic E-state index is -0.586. The van der Waals surface area contributed by atoms with Crippen LogP contribution in [0.4, 0.5) is 5.95 Å². The highest BCUT2D eigenvalue weighted by Gasteiger charge is 2.35. The lowest BCUT2D eigenvalue weighted by molar-refractivity contribution is -0.139. The molecule has 37 heavy (non-hydrogen) atoms. The van der Waals surface area contributed by atoms with Gasteiger partial charge in [-0.05, 0) is 38.0 Å². The highest BCUT2D eigenvalue weighted by atomic mass is 32.2. The Morgan fingerprint density at radius 2 is 2.00 bits per heavy atom. The van der Waals surface area contributed by atoms with E-state index >= 15 is 0 Å². The summed E-state index contributed by atoms with van der Waals surface area (Å²) in [6, 6.07) is 4.78. The second kappa shape index (κ2) is 12.3. The van der Waals surface area contributed by atoms with E-state index in [1.54, 1.807) is 40.4 Å². The lowest BCUT2D eigenvalue weighted by Crippen LogP contribution is -2.43. The van der Waals surface area contributed by atoms with Gasteiger partial charge in [0, 0.05) is 24.5 Å². The summed E-state index contributed by atoms with van der Waals surface area (Å²) < 4.78 is 23.8. The van der Waals surface area contributed by atoms with Crippen molar-refractivity contribution in [2.24, 2.45) is 0 Å². The van der Waals surface area contributed by atoms with Crippen molar-refractivity contribution in [3.63, 3.8) is 0 Å². The number of nitrogens with zero attached hydrogens (tertiary/aromatic N) is 4. The lowest BCUT2D eigenvalue weighted by Gasteiger charge is -2.28. The molecule has 2 aliphatic rings. The summed E-state index contributed by atoms with van der Waals surface area (Å²) in [5.41, 5.74) is 1.82. The average Bonchev–Trinajstić information content (AvgIpc) is 3.32. The van der Waals surface area contributed by atoms with Crippen LogP contribution < -0.4 is 14.8 Å². The molecule has 11 nitrogen and oxygen atoms in total. The van der Waals surface area contributed by atoms with Crippen LogP contribution in [0.15, 0.2) is 34.6 Å². The number of ether oxygens (including phenoxy) is 4. The van der Waals surface area contributed by atoms with Crippen molar-refractivity contribution in [1.29, 1.82) is 0 Å². The van der Waals surface area contributed by atoms with Gasteiger partial charge < -0.3 is 29.2 Å². The first-order valence-corrected chi connectivity index (χ1v) is 13.4. The smallest absolute Gasteiger partial charge is 0.338 e. The second-order valence-electron chi connectivity index (χ2n) is 8.49. The molecule has 1 unspecified atom stereocenters. The van der Waals surface area contributed by atoms with Gasteiger partial charge in [0.2, 0.25) is 11.1 Å². The zero-order valence-electron chi connectivity index (χ0n) is 21.6. The van der Waals surface area contributed by atoms with E-state index < -0.39 is 12.0 Å². The molecule has 12 heteroatoms. The van der Waals surface area contributed by atoms with E-state index in [4.69, 9.17) is 24.0 Å². The first kappa shape index (κ1) is 26.8. The number of benzene rings is 1. The number of methoxy groups -OCH3 is 1. The minimum absolute atomic E-state index is 0.110. The standard InChI is InChI=1S/C25H33N5O6S/c1-5-13-37-25-27-24-26-16(3)21(23(32)35-6-2)22(30(24)28-25)17-7-8-18(19(14-17)33-4)36-15-20(31)29-9-11-34-12-10-29/h7-8,14,22H,5-6,9-13,15H2,1-4H3,(H,26,27,28). The van der Waals surface area contributed by atoms with E-state index in [0.717, 1.165) is 17.7 Å². The molecule has 3 heterocycles. The first-order valence-electron chi connectivity index (χ1n) is 12.4. The monoisotopic (exact) mass is 531 g/mol. The predicted octanol–water partition coefficient (Wildman–Crippen LogP) is 2.88. The summed E-state index contributed by atoms with van der Waals surface area (Å²) >= 11 is 1.56. The largest absolute Gasteiger partial charge is 0.493 e. The molecule has 0 bridgehead atoms. The van der Waals surface area contributed by atoms with Gasteiger partial charge in [-0.15, -0.1) is 5.10 Å². The summed E-state index contributed by atoms with van der Waals surface area (Å²) in [5, 5.41) is 8.52. The Bertz CT molecular complexity index is 1160. The number of hydrogen-bond donors (Lipinski definition) is 1. The van der Waals surface area contributed by atoms with Gasteiger partial charge in [0.15, 0.2) is 18.1 Å². The molecule has 2 aliphatic heterocycles. The average molecular weight is 532 g/mol. The molecule has 0 aliphatic carbocycles. The van der Waals surface area contributed by atoms with Crippen molar-refractivity contribution >= 4 is 29.6 Å². The number of thioether (sulfide) groups is 1. The van der Waals surface area contributed by atoms with Crippen LogP contribution >= 0.6 is 11.8 Å². The molecule has 1 amide bonds. The fourth-order valence-corrected chi connectivity index (χ4v) is 4.87. The van der Waals surface area contributed by atoms with Crippen LogP contribution in [0.25, 0.3) is 0 Å². The van der Waals surface area contributed by atoms with Crippen LogP contribution in [0.5, 0.6) is 11.5 Å². The summed E-state index contributed by atoms with van der Waals surface area (Å²) in [5.74, 6) is 1.75. The quantitative estimate of drug-likeness (QED) is 0.362. The van der Waals surface area contributed by atoms with Gasteiger partial charge in [0.25, 0.3) is 5.91 Å². The van der Waals surface area contributed by atoms with E-state index in [1.165, 1.54) is 7.11 Å². The van der Waals surface area contributed by atoms with Crippen molar-refractivity contribution in [2.75, 3.05) is 57.7 Å². The van der Waals surface area contributed by atoms with Crippen molar-refractivity contribution in [2.45, 2.75) is 38.4 Å². The number of rotatable bonds is 10. The van der Waals surface area contributed by atoms with Gasteiger partial charge in [-0.2, -0.15) is 4.98 Å². The number of nitrogens with one attached hydrogen (secondary N) is 1. The van der Waals surface area contributed by atoms with Crippen LogP contribution in [-0.2, 0) is 19.1 Å². The van der Waals surface area contributed by atoms with E-state index in [-0.39, 0.29) is 19.1 Å². The molecule has 0 saturated carbocycles. The topological polar surface area (TPSA) is 117 Å². The summed E-state index contributed by atoms with van der Waals surface area (Å²) in [6.07, 6.45) is 0.990. The maximum atomic E-state index is 13.0. The molecule has 1 aromatic heterocycles. The van der Waals surface area contributed by atoms with Crippen LogP contribution in [0.3, 0.4) is 0 Å². The Balaban J connectivity index is 1.64. The maximum Gasteiger partial charge on any atom is 0.338 e. The first-order chi connectivity index (χ1) is 18.0. The third kappa shape index (κ3) is 6.02. The van der Waals surface area contributed by atoms with Crippen LogP contribution in [0.2, 0.25) is 0 Å². The number of carbonyl (C=O) groups excluding carboxylic acids is 2. The number of aromatic nitrogens is 3.